The van der Waals surface area contributed by atoms with Crippen molar-refractivity contribution in [3.63, 3.8) is 0 Å². The van der Waals surface area contributed by atoms with Gasteiger partial charge < -0.3 is 14.2 Å². The van der Waals surface area contributed by atoms with Gasteiger partial charge in [-0.2, -0.15) is 5.10 Å². The van der Waals surface area contributed by atoms with Crippen molar-refractivity contribution in [2.45, 2.75) is 32.6 Å². The normalized spacial score (nSPS) is 15.7. The number of fused-ring (bicyclic) bond motifs is 2. The molecule has 1 aromatic carbocycles. The molecule has 0 atom stereocenters. The molecule has 0 spiro atoms. The van der Waals surface area contributed by atoms with Crippen LogP contribution in [-0.4, -0.2) is 39.1 Å². The van der Waals surface area contributed by atoms with Crippen LogP contribution in [0.3, 0.4) is 0 Å². The Morgan fingerprint density at radius 1 is 1.11 bits per heavy atom. The minimum Gasteiger partial charge on any atom is -0.377 e. The van der Waals surface area contributed by atoms with Crippen molar-refractivity contribution in [2.24, 2.45) is 14.1 Å². The van der Waals surface area contributed by atoms with Gasteiger partial charge in [0.2, 0.25) is 0 Å². The maximum atomic E-state index is 14.4. The molecule has 196 valence electrons. The predicted molar refractivity (Wildman–Crippen MR) is 144 cm³/mol. The van der Waals surface area contributed by atoms with Crippen LogP contribution in [0.2, 0.25) is 0 Å². The zero-order valence-electron chi connectivity index (χ0n) is 21.7. The average Bonchev–Trinajstić information content (AvgIpc) is 3.37. The Balaban J connectivity index is 1.59. The van der Waals surface area contributed by atoms with E-state index in [1.807, 2.05) is 29.2 Å². The van der Waals surface area contributed by atoms with E-state index in [0.29, 0.717) is 42.3 Å². The van der Waals surface area contributed by atoms with Crippen LogP contribution >= 0.6 is 0 Å². The lowest BCUT2D eigenvalue weighted by Crippen LogP contribution is -2.27. The van der Waals surface area contributed by atoms with E-state index < -0.39 is 6.43 Å². The third kappa shape index (κ3) is 4.11. The molecule has 2 aliphatic rings. The van der Waals surface area contributed by atoms with Crippen molar-refractivity contribution in [1.29, 1.82) is 0 Å². The molecule has 0 N–H and O–H groups in total. The summed E-state index contributed by atoms with van der Waals surface area (Å²) in [5.41, 5.74) is 6.02. The third-order valence-electron chi connectivity index (χ3n) is 7.55. The molecule has 0 fully saturated rings. The van der Waals surface area contributed by atoms with Gasteiger partial charge in [-0.05, 0) is 67.2 Å². The summed E-state index contributed by atoms with van der Waals surface area (Å²) < 4.78 is 37.6. The molecule has 0 aliphatic carbocycles. The minimum absolute atomic E-state index is 0.0279. The van der Waals surface area contributed by atoms with Gasteiger partial charge in [0, 0.05) is 54.6 Å². The Kier molecular flexibility index (Phi) is 6.10. The van der Waals surface area contributed by atoms with Crippen molar-refractivity contribution in [3.8, 4) is 11.1 Å². The van der Waals surface area contributed by atoms with E-state index in [9.17, 15) is 13.6 Å². The first-order chi connectivity index (χ1) is 18.3. The van der Waals surface area contributed by atoms with E-state index in [0.717, 1.165) is 52.7 Å². The summed E-state index contributed by atoms with van der Waals surface area (Å²) in [7, 11) is 3.54. The van der Waals surface area contributed by atoms with Crippen LogP contribution in [0.15, 0.2) is 47.5 Å². The molecule has 2 aliphatic heterocycles. The Labute approximate surface area is 219 Å². The van der Waals surface area contributed by atoms with Crippen LogP contribution in [0.4, 0.5) is 20.3 Å². The van der Waals surface area contributed by atoms with Crippen molar-refractivity contribution in [3.05, 3.63) is 75.5 Å². The number of aryl methyl sites for hydroxylation is 4. The Morgan fingerprint density at radius 3 is 2.66 bits per heavy atom. The SMILES string of the molecule is Cc1cc2c(N3CCCc4cc(-c5cnn(C)c5)c(C(F)F)cc43)nc(C3=CCOCC3)cc2n(C)c1=O. The fourth-order valence-corrected chi connectivity index (χ4v) is 5.59. The van der Waals surface area contributed by atoms with Crippen LogP contribution in [0, 0.1) is 6.92 Å². The Bertz CT molecular complexity index is 1650. The summed E-state index contributed by atoms with van der Waals surface area (Å²) in [6.45, 7) is 3.55. The number of halogens is 2. The Morgan fingerprint density at radius 2 is 1.95 bits per heavy atom. The highest BCUT2D eigenvalue weighted by molar-refractivity contribution is 5.95. The fraction of sp³-hybridized carbons (Fsp3) is 0.345. The number of hydrogen-bond acceptors (Lipinski definition) is 5. The van der Waals surface area contributed by atoms with Crippen LogP contribution in [0.25, 0.3) is 27.6 Å². The van der Waals surface area contributed by atoms with Gasteiger partial charge in [0.15, 0.2) is 0 Å². The highest BCUT2D eigenvalue weighted by Gasteiger charge is 2.27. The zero-order chi connectivity index (χ0) is 26.6. The first-order valence-electron chi connectivity index (χ1n) is 12.8. The molecule has 7 nitrogen and oxygen atoms in total. The summed E-state index contributed by atoms with van der Waals surface area (Å²) in [5, 5.41) is 5.01. The number of alkyl halides is 2. The maximum absolute atomic E-state index is 14.4. The van der Waals surface area contributed by atoms with E-state index in [4.69, 9.17) is 9.72 Å². The van der Waals surface area contributed by atoms with Gasteiger partial charge in [0.25, 0.3) is 12.0 Å². The topological polar surface area (TPSA) is 65.2 Å². The summed E-state index contributed by atoms with van der Waals surface area (Å²) in [4.78, 5) is 20.0. The van der Waals surface area contributed by atoms with E-state index >= 15 is 0 Å². The fourth-order valence-electron chi connectivity index (χ4n) is 5.59. The molecule has 38 heavy (non-hydrogen) atoms. The summed E-state index contributed by atoms with van der Waals surface area (Å²) in [6, 6.07) is 7.32. The van der Waals surface area contributed by atoms with E-state index in [2.05, 4.69) is 5.10 Å². The molecule has 0 amide bonds. The highest BCUT2D eigenvalue weighted by Crippen LogP contribution is 2.42. The van der Waals surface area contributed by atoms with E-state index in [1.54, 1.807) is 48.7 Å². The van der Waals surface area contributed by atoms with Gasteiger partial charge in [-0.25, -0.2) is 13.8 Å². The summed E-state index contributed by atoms with van der Waals surface area (Å²) in [5.74, 6) is 0.680. The number of nitrogens with zero attached hydrogens (tertiary/aromatic N) is 5. The van der Waals surface area contributed by atoms with Gasteiger partial charge in [-0.15, -0.1) is 0 Å². The van der Waals surface area contributed by atoms with E-state index in [-0.39, 0.29) is 11.1 Å². The zero-order valence-corrected chi connectivity index (χ0v) is 21.7. The van der Waals surface area contributed by atoms with Crippen molar-refractivity contribution in [2.75, 3.05) is 24.7 Å². The van der Waals surface area contributed by atoms with Crippen LogP contribution in [0.1, 0.15) is 41.7 Å². The lowest BCUT2D eigenvalue weighted by atomic mass is 9.93. The second-order valence-corrected chi connectivity index (χ2v) is 10.0. The van der Waals surface area contributed by atoms with Crippen molar-refractivity contribution in [1.82, 2.24) is 19.3 Å². The minimum atomic E-state index is -2.65. The monoisotopic (exact) mass is 517 g/mol. The number of aromatic nitrogens is 4. The average molecular weight is 518 g/mol. The lowest BCUT2D eigenvalue weighted by molar-refractivity contribution is 0.152. The second-order valence-electron chi connectivity index (χ2n) is 10.0. The van der Waals surface area contributed by atoms with Gasteiger partial charge in [0.1, 0.15) is 5.82 Å². The van der Waals surface area contributed by atoms with Crippen LogP contribution in [0.5, 0.6) is 0 Å². The third-order valence-corrected chi connectivity index (χ3v) is 7.55. The molecule has 6 rings (SSSR count). The number of anilines is 2. The first kappa shape index (κ1) is 24.5. The van der Waals surface area contributed by atoms with Gasteiger partial charge >= 0.3 is 0 Å². The van der Waals surface area contributed by atoms with Gasteiger partial charge in [-0.1, -0.05) is 6.08 Å². The second kappa shape index (κ2) is 9.47. The molecule has 0 bridgehead atoms. The summed E-state index contributed by atoms with van der Waals surface area (Å²) >= 11 is 0. The molecule has 9 heteroatoms. The molecule has 4 aromatic rings. The molecule has 0 saturated heterocycles. The molecule has 5 heterocycles. The molecular weight excluding hydrogens is 488 g/mol. The quantitative estimate of drug-likeness (QED) is 0.359. The number of rotatable bonds is 4. The van der Waals surface area contributed by atoms with Gasteiger partial charge in [0.05, 0.1) is 30.6 Å². The number of pyridine rings is 2. The molecule has 0 saturated carbocycles. The predicted octanol–water partition coefficient (Wildman–Crippen LogP) is 5.47. The standard InChI is InChI=1S/C29H29F2N5O2/c1-17-11-23-26(35(3)29(17)37)14-24(18-6-9-38-10-7-18)33-28(23)36-8-4-5-19-12-21(20-15-32-34(2)16-20)22(27(30)31)13-25(19)36/h6,11-16,27H,4-5,7-10H2,1-3H3. The van der Waals surface area contributed by atoms with Gasteiger partial charge in [-0.3, -0.25) is 9.48 Å². The van der Waals surface area contributed by atoms with Crippen LogP contribution in [-0.2, 0) is 25.3 Å². The number of benzene rings is 1. The maximum Gasteiger partial charge on any atom is 0.264 e. The molecule has 3 aromatic heterocycles. The van der Waals surface area contributed by atoms with E-state index in [1.165, 1.54) is 0 Å². The first-order valence-corrected chi connectivity index (χ1v) is 12.8. The van der Waals surface area contributed by atoms with Crippen molar-refractivity contribution >= 4 is 28.0 Å². The van der Waals surface area contributed by atoms with Crippen molar-refractivity contribution < 1.29 is 13.5 Å². The van der Waals surface area contributed by atoms with Crippen LogP contribution < -0.4 is 10.5 Å². The molecule has 0 unspecified atom stereocenters. The molecular formula is C29H29F2N5O2. The number of ether oxygens (including phenoxy) is 1. The summed E-state index contributed by atoms with van der Waals surface area (Å²) in [6.07, 6.45) is 5.11. The Hall–Kier alpha value is -3.85. The molecule has 0 radical (unpaired) electrons. The largest absolute Gasteiger partial charge is 0.377 e. The smallest absolute Gasteiger partial charge is 0.264 e. The highest BCUT2D eigenvalue weighted by atomic mass is 19.3. The number of hydrogen-bond donors (Lipinski definition) is 0. The lowest BCUT2D eigenvalue weighted by Gasteiger charge is -2.33.